The Labute approximate surface area is 120 Å². The van der Waals surface area contributed by atoms with Crippen LogP contribution in [0.2, 0.25) is 0 Å². The molecule has 1 atom stereocenters. The Hall–Kier alpha value is -1.88. The number of rotatable bonds is 2. The van der Waals surface area contributed by atoms with Gasteiger partial charge in [0.25, 0.3) is 0 Å². The van der Waals surface area contributed by atoms with Crippen molar-refractivity contribution >= 4 is 28.6 Å². The molecule has 3 nitrogen and oxygen atoms in total. The lowest BCUT2D eigenvalue weighted by molar-refractivity contribution is -0.117. The molecule has 0 aliphatic heterocycles. The first-order chi connectivity index (χ1) is 9.66. The van der Waals surface area contributed by atoms with E-state index in [1.807, 2.05) is 11.4 Å². The number of carbonyl (C=O) groups is 1. The highest BCUT2D eigenvalue weighted by molar-refractivity contribution is 7.10. The minimum Gasteiger partial charge on any atom is -0.397 e. The number of para-hydroxylation sites is 1. The summed E-state index contributed by atoms with van der Waals surface area (Å²) in [7, 11) is 0. The number of nitrogens with one attached hydrogen (secondary N) is 1. The summed E-state index contributed by atoms with van der Waals surface area (Å²) in [5.74, 6) is -0.884. The standard InChI is InChI=1S/C15H15FN2OS/c16-11-4-2-5-12(17)14(11)18-15(19)10-3-1-6-13-9(10)7-8-20-13/h2,4-5,7-8,10H,1,3,6,17H2,(H,18,19). The summed E-state index contributed by atoms with van der Waals surface area (Å²) in [5.41, 5.74) is 7.13. The number of aryl methyl sites for hydroxylation is 1. The second-order valence-electron chi connectivity index (χ2n) is 4.94. The van der Waals surface area contributed by atoms with Crippen molar-refractivity contribution in [3.8, 4) is 0 Å². The number of hydrogen-bond acceptors (Lipinski definition) is 3. The summed E-state index contributed by atoms with van der Waals surface area (Å²) < 4.78 is 13.7. The molecule has 1 amide bonds. The molecule has 1 heterocycles. The van der Waals surface area contributed by atoms with Crippen LogP contribution in [0.15, 0.2) is 29.6 Å². The van der Waals surface area contributed by atoms with Crippen molar-refractivity contribution in [2.24, 2.45) is 0 Å². The Bertz CT molecular complexity index is 633. The van der Waals surface area contributed by atoms with Gasteiger partial charge in [-0.15, -0.1) is 11.3 Å². The number of nitrogen functional groups attached to an aromatic ring is 1. The van der Waals surface area contributed by atoms with Gasteiger partial charge >= 0.3 is 0 Å². The molecule has 0 saturated carbocycles. The maximum absolute atomic E-state index is 13.7. The smallest absolute Gasteiger partial charge is 0.232 e. The van der Waals surface area contributed by atoms with E-state index in [4.69, 9.17) is 5.73 Å². The predicted octanol–water partition coefficient (Wildman–Crippen LogP) is 3.53. The summed E-state index contributed by atoms with van der Waals surface area (Å²) in [6.45, 7) is 0. The van der Waals surface area contributed by atoms with Gasteiger partial charge in [-0.2, -0.15) is 0 Å². The van der Waals surface area contributed by atoms with Crippen LogP contribution in [0, 0.1) is 5.82 Å². The third-order valence-electron chi connectivity index (χ3n) is 3.66. The lowest BCUT2D eigenvalue weighted by atomic mass is 9.87. The normalized spacial score (nSPS) is 17.6. The first-order valence-corrected chi connectivity index (χ1v) is 7.46. The lowest BCUT2D eigenvalue weighted by Gasteiger charge is -2.22. The summed E-state index contributed by atoms with van der Waals surface area (Å²) in [6.07, 6.45) is 2.81. The molecule has 20 heavy (non-hydrogen) atoms. The molecule has 5 heteroatoms. The van der Waals surface area contributed by atoms with E-state index < -0.39 is 5.82 Å². The maximum Gasteiger partial charge on any atom is 0.232 e. The van der Waals surface area contributed by atoms with E-state index >= 15 is 0 Å². The predicted molar refractivity (Wildman–Crippen MR) is 79.4 cm³/mol. The lowest BCUT2D eigenvalue weighted by Crippen LogP contribution is -2.24. The average molecular weight is 290 g/mol. The van der Waals surface area contributed by atoms with Crippen LogP contribution in [0.5, 0.6) is 0 Å². The monoisotopic (exact) mass is 290 g/mol. The van der Waals surface area contributed by atoms with Gasteiger partial charge in [0.1, 0.15) is 11.5 Å². The van der Waals surface area contributed by atoms with Crippen LogP contribution < -0.4 is 11.1 Å². The van der Waals surface area contributed by atoms with E-state index in [0.717, 1.165) is 24.8 Å². The van der Waals surface area contributed by atoms with Gasteiger partial charge in [-0.25, -0.2) is 4.39 Å². The minimum absolute atomic E-state index is 0.0832. The Morgan fingerprint density at radius 1 is 1.40 bits per heavy atom. The molecule has 0 spiro atoms. The number of benzene rings is 1. The van der Waals surface area contributed by atoms with Crippen LogP contribution in [0.4, 0.5) is 15.8 Å². The molecular formula is C15H15FN2OS. The molecule has 1 aliphatic rings. The van der Waals surface area contributed by atoms with Crippen molar-refractivity contribution in [3.63, 3.8) is 0 Å². The number of halogens is 1. The van der Waals surface area contributed by atoms with Gasteiger partial charge in [-0.3, -0.25) is 4.79 Å². The molecule has 3 rings (SSSR count). The third kappa shape index (κ3) is 2.29. The quantitative estimate of drug-likeness (QED) is 0.831. The zero-order valence-corrected chi connectivity index (χ0v) is 11.7. The Morgan fingerprint density at radius 3 is 3.05 bits per heavy atom. The van der Waals surface area contributed by atoms with Gasteiger partial charge in [0.05, 0.1) is 11.6 Å². The largest absolute Gasteiger partial charge is 0.397 e. The van der Waals surface area contributed by atoms with Crippen molar-refractivity contribution in [1.29, 1.82) is 0 Å². The van der Waals surface area contributed by atoms with Gasteiger partial charge in [0.2, 0.25) is 5.91 Å². The topological polar surface area (TPSA) is 55.1 Å². The Morgan fingerprint density at radius 2 is 2.25 bits per heavy atom. The third-order valence-corrected chi connectivity index (χ3v) is 4.66. The SMILES string of the molecule is Nc1cccc(F)c1NC(=O)C1CCCc2sccc21. The molecular weight excluding hydrogens is 275 g/mol. The van der Waals surface area contributed by atoms with Crippen LogP contribution in [-0.4, -0.2) is 5.91 Å². The molecule has 0 fully saturated rings. The molecule has 104 valence electrons. The highest BCUT2D eigenvalue weighted by Gasteiger charge is 2.28. The zero-order valence-electron chi connectivity index (χ0n) is 10.9. The number of hydrogen-bond donors (Lipinski definition) is 2. The second kappa shape index (κ2) is 5.25. The molecule has 3 N–H and O–H groups in total. The number of amides is 1. The van der Waals surface area contributed by atoms with Crippen molar-refractivity contribution in [2.45, 2.75) is 25.2 Å². The molecule has 0 radical (unpaired) electrons. The van der Waals surface area contributed by atoms with Crippen LogP contribution >= 0.6 is 11.3 Å². The van der Waals surface area contributed by atoms with Gasteiger partial charge < -0.3 is 11.1 Å². The summed E-state index contributed by atoms with van der Waals surface area (Å²) in [5, 5.41) is 4.65. The molecule has 0 bridgehead atoms. The van der Waals surface area contributed by atoms with Gasteiger partial charge in [0, 0.05) is 4.88 Å². The zero-order chi connectivity index (χ0) is 14.1. The fourth-order valence-corrected chi connectivity index (χ4v) is 3.63. The number of fused-ring (bicyclic) bond motifs is 1. The van der Waals surface area contributed by atoms with Gasteiger partial charge in [-0.1, -0.05) is 6.07 Å². The highest BCUT2D eigenvalue weighted by atomic mass is 32.1. The number of thiophene rings is 1. The minimum atomic E-state index is -0.500. The summed E-state index contributed by atoms with van der Waals surface area (Å²) in [4.78, 5) is 13.7. The van der Waals surface area contributed by atoms with Crippen molar-refractivity contribution in [2.75, 3.05) is 11.1 Å². The van der Waals surface area contributed by atoms with E-state index in [2.05, 4.69) is 5.32 Å². The van der Waals surface area contributed by atoms with Crippen LogP contribution in [0.1, 0.15) is 29.2 Å². The number of anilines is 2. The molecule has 1 aromatic heterocycles. The second-order valence-corrected chi connectivity index (χ2v) is 5.94. The summed E-state index contributed by atoms with van der Waals surface area (Å²) >= 11 is 1.68. The van der Waals surface area contributed by atoms with E-state index in [-0.39, 0.29) is 23.2 Å². The van der Waals surface area contributed by atoms with E-state index in [9.17, 15) is 9.18 Å². The number of nitrogens with two attached hydrogens (primary N) is 1. The molecule has 1 aromatic carbocycles. The maximum atomic E-state index is 13.7. The van der Waals surface area contributed by atoms with Gasteiger partial charge in [-0.05, 0) is 48.4 Å². The van der Waals surface area contributed by atoms with Crippen molar-refractivity contribution in [1.82, 2.24) is 0 Å². The summed E-state index contributed by atoms with van der Waals surface area (Å²) in [6, 6.07) is 6.39. The van der Waals surface area contributed by atoms with E-state index in [1.54, 1.807) is 17.4 Å². The molecule has 1 aliphatic carbocycles. The Balaban J connectivity index is 1.85. The molecule has 0 saturated heterocycles. The van der Waals surface area contributed by atoms with Crippen LogP contribution in [0.3, 0.4) is 0 Å². The highest BCUT2D eigenvalue weighted by Crippen LogP contribution is 2.36. The van der Waals surface area contributed by atoms with Gasteiger partial charge in [0.15, 0.2) is 0 Å². The van der Waals surface area contributed by atoms with Crippen LogP contribution in [-0.2, 0) is 11.2 Å². The number of carbonyl (C=O) groups excluding carboxylic acids is 1. The van der Waals surface area contributed by atoms with Crippen molar-refractivity contribution in [3.05, 3.63) is 45.9 Å². The first kappa shape index (κ1) is 13.1. The van der Waals surface area contributed by atoms with Crippen LogP contribution in [0.25, 0.3) is 0 Å². The molecule has 2 aromatic rings. The fraction of sp³-hybridized carbons (Fsp3) is 0.267. The van der Waals surface area contributed by atoms with E-state index in [1.165, 1.54) is 17.0 Å². The first-order valence-electron chi connectivity index (χ1n) is 6.58. The van der Waals surface area contributed by atoms with E-state index in [0.29, 0.717) is 0 Å². The molecule has 1 unspecified atom stereocenters. The Kier molecular flexibility index (Phi) is 3.44. The van der Waals surface area contributed by atoms with Crippen molar-refractivity contribution < 1.29 is 9.18 Å². The average Bonchev–Trinajstić information content (AvgIpc) is 2.91. The fourth-order valence-electron chi connectivity index (χ4n) is 2.64.